The van der Waals surface area contributed by atoms with E-state index in [-0.39, 0.29) is 5.82 Å². The second-order valence-electron chi connectivity index (χ2n) is 5.91. The first kappa shape index (κ1) is 17.6. The predicted molar refractivity (Wildman–Crippen MR) is 94.2 cm³/mol. The van der Waals surface area contributed by atoms with E-state index in [0.29, 0.717) is 29.8 Å². The maximum atomic E-state index is 13.2. The van der Waals surface area contributed by atoms with Gasteiger partial charge in [-0.3, -0.25) is 4.57 Å². The molecule has 0 unspecified atom stereocenters. The van der Waals surface area contributed by atoms with Crippen LogP contribution in [0.3, 0.4) is 0 Å². The number of hydrogen-bond acceptors (Lipinski definition) is 6. The molecule has 0 spiro atoms. The van der Waals surface area contributed by atoms with Crippen LogP contribution in [0.2, 0.25) is 0 Å². The van der Waals surface area contributed by atoms with Crippen LogP contribution < -0.4 is 5.73 Å². The first-order valence-electron chi connectivity index (χ1n) is 8.07. The molecule has 0 fully saturated rings. The van der Waals surface area contributed by atoms with Crippen molar-refractivity contribution in [1.29, 1.82) is 0 Å². The minimum Gasteiger partial charge on any atom is -0.361 e. The van der Waals surface area contributed by atoms with Gasteiger partial charge in [0.05, 0.1) is 5.69 Å². The highest BCUT2D eigenvalue weighted by Gasteiger charge is 2.15. The first-order chi connectivity index (χ1) is 12.1. The van der Waals surface area contributed by atoms with Crippen LogP contribution in [0, 0.1) is 5.82 Å². The average Bonchev–Trinajstić information content (AvgIpc) is 3.21. The molecule has 0 aliphatic heterocycles. The zero-order chi connectivity index (χ0) is 17.8. The molecule has 2 heterocycles. The Morgan fingerprint density at radius 3 is 2.64 bits per heavy atom. The topological polar surface area (TPSA) is 82.8 Å². The zero-order valence-corrected chi connectivity index (χ0v) is 15.0. The molecular weight excluding hydrogens is 341 g/mol. The summed E-state index contributed by atoms with van der Waals surface area (Å²) in [4.78, 5) is 0. The van der Waals surface area contributed by atoms with Gasteiger partial charge in [0, 0.05) is 29.8 Å². The third kappa shape index (κ3) is 4.08. The van der Waals surface area contributed by atoms with Crippen LogP contribution in [-0.2, 0) is 12.2 Å². The van der Waals surface area contributed by atoms with E-state index in [0.717, 1.165) is 23.0 Å². The molecule has 25 heavy (non-hydrogen) atoms. The normalized spacial score (nSPS) is 11.4. The number of hydrogen-bond donors (Lipinski definition) is 1. The molecule has 8 heteroatoms. The van der Waals surface area contributed by atoms with Gasteiger partial charge in [0.1, 0.15) is 17.4 Å². The van der Waals surface area contributed by atoms with E-state index < -0.39 is 0 Å². The maximum Gasteiger partial charge on any atom is 0.196 e. The Morgan fingerprint density at radius 2 is 2.00 bits per heavy atom. The SMILES string of the molecule is CC(C)c1cc(CSc2nnc(CCN)n2-c2ccc(F)cc2)no1. The number of halogens is 1. The van der Waals surface area contributed by atoms with Crippen LogP contribution in [0.5, 0.6) is 0 Å². The summed E-state index contributed by atoms with van der Waals surface area (Å²) < 4.78 is 20.5. The Balaban J connectivity index is 1.84. The minimum atomic E-state index is -0.282. The number of nitrogens with zero attached hydrogens (tertiary/aromatic N) is 4. The van der Waals surface area contributed by atoms with Crippen molar-refractivity contribution in [3.63, 3.8) is 0 Å². The summed E-state index contributed by atoms with van der Waals surface area (Å²) in [6.45, 7) is 4.58. The summed E-state index contributed by atoms with van der Waals surface area (Å²) in [6, 6.07) is 8.20. The van der Waals surface area contributed by atoms with E-state index in [1.54, 1.807) is 12.1 Å². The average molecular weight is 361 g/mol. The second kappa shape index (κ2) is 7.79. The lowest BCUT2D eigenvalue weighted by Gasteiger charge is -2.09. The largest absolute Gasteiger partial charge is 0.361 e. The van der Waals surface area contributed by atoms with Crippen molar-refractivity contribution in [2.24, 2.45) is 5.73 Å². The molecule has 132 valence electrons. The number of thioether (sulfide) groups is 1. The van der Waals surface area contributed by atoms with E-state index in [4.69, 9.17) is 10.3 Å². The van der Waals surface area contributed by atoms with Crippen molar-refractivity contribution >= 4 is 11.8 Å². The zero-order valence-electron chi connectivity index (χ0n) is 14.1. The molecule has 0 aliphatic carbocycles. The van der Waals surface area contributed by atoms with Gasteiger partial charge in [0.15, 0.2) is 5.16 Å². The fraction of sp³-hybridized carbons (Fsp3) is 0.353. The molecular formula is C17H20FN5OS. The molecule has 0 bridgehead atoms. The van der Waals surface area contributed by atoms with Crippen LogP contribution in [0.25, 0.3) is 5.69 Å². The summed E-state index contributed by atoms with van der Waals surface area (Å²) >= 11 is 1.50. The Kier molecular flexibility index (Phi) is 5.50. The van der Waals surface area contributed by atoms with Crippen LogP contribution in [0.4, 0.5) is 4.39 Å². The van der Waals surface area contributed by atoms with Crippen LogP contribution in [-0.4, -0.2) is 26.5 Å². The van der Waals surface area contributed by atoms with E-state index >= 15 is 0 Å². The van der Waals surface area contributed by atoms with Gasteiger partial charge in [-0.1, -0.05) is 30.8 Å². The monoisotopic (exact) mass is 361 g/mol. The molecule has 0 aliphatic rings. The van der Waals surface area contributed by atoms with Crippen molar-refractivity contribution in [3.8, 4) is 5.69 Å². The van der Waals surface area contributed by atoms with Crippen molar-refractivity contribution < 1.29 is 8.91 Å². The van der Waals surface area contributed by atoms with Gasteiger partial charge < -0.3 is 10.3 Å². The fourth-order valence-corrected chi connectivity index (χ4v) is 3.19. The lowest BCUT2D eigenvalue weighted by Crippen LogP contribution is -2.09. The maximum absolute atomic E-state index is 13.2. The van der Waals surface area contributed by atoms with Gasteiger partial charge in [-0.25, -0.2) is 4.39 Å². The van der Waals surface area contributed by atoms with Crippen LogP contribution in [0.15, 0.2) is 40.0 Å². The summed E-state index contributed by atoms with van der Waals surface area (Å²) in [6.07, 6.45) is 0.590. The molecule has 3 aromatic rings. The summed E-state index contributed by atoms with van der Waals surface area (Å²) in [5.41, 5.74) is 7.32. The molecule has 0 atom stereocenters. The van der Waals surface area contributed by atoms with Crippen molar-refractivity contribution in [3.05, 3.63) is 53.4 Å². The quantitative estimate of drug-likeness (QED) is 0.650. The van der Waals surface area contributed by atoms with E-state index in [9.17, 15) is 4.39 Å². The molecule has 3 rings (SSSR count). The first-order valence-corrected chi connectivity index (χ1v) is 9.05. The van der Waals surface area contributed by atoms with Gasteiger partial charge in [-0.15, -0.1) is 10.2 Å². The standard InChI is InChI=1S/C17H20FN5OS/c1-11(2)15-9-13(22-24-15)10-25-17-21-20-16(7-8-19)23(17)14-5-3-12(18)4-6-14/h3-6,9,11H,7-8,10,19H2,1-2H3. The number of rotatable bonds is 7. The predicted octanol–water partition coefficient (Wildman–Crippen LogP) is 3.31. The second-order valence-corrected chi connectivity index (χ2v) is 6.86. The van der Waals surface area contributed by atoms with Gasteiger partial charge in [-0.05, 0) is 30.8 Å². The van der Waals surface area contributed by atoms with Crippen LogP contribution in [0.1, 0.15) is 37.0 Å². The van der Waals surface area contributed by atoms with Gasteiger partial charge in [-0.2, -0.15) is 0 Å². The Morgan fingerprint density at radius 1 is 1.24 bits per heavy atom. The molecule has 0 amide bonds. The lowest BCUT2D eigenvalue weighted by molar-refractivity contribution is 0.367. The molecule has 0 saturated carbocycles. The number of benzene rings is 1. The van der Waals surface area contributed by atoms with E-state index in [1.807, 2.05) is 10.6 Å². The van der Waals surface area contributed by atoms with Crippen molar-refractivity contribution in [2.75, 3.05) is 6.54 Å². The van der Waals surface area contributed by atoms with Gasteiger partial charge in [0.25, 0.3) is 0 Å². The highest BCUT2D eigenvalue weighted by Crippen LogP contribution is 2.26. The highest BCUT2D eigenvalue weighted by atomic mass is 32.2. The van der Waals surface area contributed by atoms with E-state index in [1.165, 1.54) is 23.9 Å². The number of aromatic nitrogens is 4. The highest BCUT2D eigenvalue weighted by molar-refractivity contribution is 7.98. The molecule has 0 radical (unpaired) electrons. The molecule has 0 saturated heterocycles. The fourth-order valence-electron chi connectivity index (χ4n) is 2.34. The lowest BCUT2D eigenvalue weighted by atomic mass is 10.1. The summed E-state index contributed by atoms with van der Waals surface area (Å²) in [5, 5.41) is 13.3. The van der Waals surface area contributed by atoms with Crippen LogP contribution >= 0.6 is 11.8 Å². The van der Waals surface area contributed by atoms with Crippen molar-refractivity contribution in [1.82, 2.24) is 19.9 Å². The molecule has 2 aromatic heterocycles. The van der Waals surface area contributed by atoms with E-state index in [2.05, 4.69) is 29.2 Å². The molecule has 2 N–H and O–H groups in total. The Labute approximate surface area is 149 Å². The Hall–Kier alpha value is -2.19. The smallest absolute Gasteiger partial charge is 0.196 e. The van der Waals surface area contributed by atoms with Gasteiger partial charge >= 0.3 is 0 Å². The third-order valence-electron chi connectivity index (χ3n) is 3.65. The summed E-state index contributed by atoms with van der Waals surface area (Å²) in [7, 11) is 0. The van der Waals surface area contributed by atoms with Gasteiger partial charge in [0.2, 0.25) is 0 Å². The van der Waals surface area contributed by atoms with Crippen molar-refractivity contribution in [2.45, 2.75) is 37.1 Å². The molecule has 6 nitrogen and oxygen atoms in total. The minimum absolute atomic E-state index is 0.282. The third-order valence-corrected chi connectivity index (χ3v) is 4.61. The molecule has 1 aromatic carbocycles. The summed E-state index contributed by atoms with van der Waals surface area (Å²) in [5.74, 6) is 2.23. The Bertz CT molecular complexity index is 828. The number of nitrogens with two attached hydrogens (primary N) is 1.